The molecule has 1 aromatic carbocycles. The molecule has 4 heteroatoms. The topological polar surface area (TPSA) is 29.5 Å². The van der Waals surface area contributed by atoms with Gasteiger partial charge >= 0.3 is 0 Å². The Labute approximate surface area is 80.1 Å². The molecule has 1 aliphatic rings. The third kappa shape index (κ3) is 1.26. The van der Waals surface area contributed by atoms with E-state index >= 15 is 0 Å². The SMILES string of the molecule is COc1c(F)ccc(F)c1C1(O)CC1. The molecular weight excluding hydrogens is 190 g/mol. The van der Waals surface area contributed by atoms with E-state index in [0.717, 1.165) is 12.1 Å². The van der Waals surface area contributed by atoms with Crippen molar-refractivity contribution in [2.24, 2.45) is 0 Å². The lowest BCUT2D eigenvalue weighted by Crippen LogP contribution is -2.11. The maximum absolute atomic E-state index is 13.3. The van der Waals surface area contributed by atoms with E-state index in [9.17, 15) is 13.9 Å². The smallest absolute Gasteiger partial charge is 0.165 e. The summed E-state index contributed by atoms with van der Waals surface area (Å²) in [5.74, 6) is -1.46. The lowest BCUT2D eigenvalue weighted by Gasteiger charge is -2.14. The fraction of sp³-hybridized carbons (Fsp3) is 0.400. The predicted molar refractivity (Wildman–Crippen MR) is 46.0 cm³/mol. The van der Waals surface area contributed by atoms with E-state index < -0.39 is 17.2 Å². The Morgan fingerprint density at radius 1 is 1.29 bits per heavy atom. The predicted octanol–water partition coefficient (Wildman–Crippen LogP) is 1.95. The first-order chi connectivity index (χ1) is 6.58. The van der Waals surface area contributed by atoms with Crippen molar-refractivity contribution in [3.8, 4) is 5.75 Å². The molecule has 0 unspecified atom stereocenters. The van der Waals surface area contributed by atoms with Crippen LogP contribution in [0.25, 0.3) is 0 Å². The highest BCUT2D eigenvalue weighted by Gasteiger charge is 2.47. The normalized spacial score (nSPS) is 18.0. The van der Waals surface area contributed by atoms with Crippen molar-refractivity contribution in [2.75, 3.05) is 7.11 Å². The van der Waals surface area contributed by atoms with Gasteiger partial charge in [0.15, 0.2) is 11.6 Å². The van der Waals surface area contributed by atoms with Crippen LogP contribution in [0, 0.1) is 11.6 Å². The van der Waals surface area contributed by atoms with Gasteiger partial charge in [-0.3, -0.25) is 0 Å². The molecular formula is C10H10F2O2. The van der Waals surface area contributed by atoms with Crippen LogP contribution in [0.2, 0.25) is 0 Å². The molecule has 0 bridgehead atoms. The number of aliphatic hydroxyl groups is 1. The quantitative estimate of drug-likeness (QED) is 0.790. The Morgan fingerprint density at radius 2 is 1.86 bits per heavy atom. The van der Waals surface area contributed by atoms with E-state index in [1.807, 2.05) is 0 Å². The maximum Gasteiger partial charge on any atom is 0.165 e. The monoisotopic (exact) mass is 200 g/mol. The Bertz CT molecular complexity index is 373. The second-order valence-corrected chi connectivity index (χ2v) is 3.47. The fourth-order valence-electron chi connectivity index (χ4n) is 1.53. The van der Waals surface area contributed by atoms with Crippen LogP contribution in [0.4, 0.5) is 8.78 Å². The van der Waals surface area contributed by atoms with Crippen LogP contribution in [-0.4, -0.2) is 12.2 Å². The highest BCUT2D eigenvalue weighted by molar-refractivity contribution is 5.43. The van der Waals surface area contributed by atoms with Crippen molar-refractivity contribution in [3.05, 3.63) is 29.3 Å². The van der Waals surface area contributed by atoms with Gasteiger partial charge in [-0.05, 0) is 25.0 Å². The Hall–Kier alpha value is -1.16. The minimum atomic E-state index is -1.22. The van der Waals surface area contributed by atoms with Crippen LogP contribution in [0.1, 0.15) is 18.4 Å². The number of ether oxygens (including phenoxy) is 1. The molecule has 0 atom stereocenters. The zero-order valence-electron chi connectivity index (χ0n) is 7.68. The second kappa shape index (κ2) is 2.92. The highest BCUT2D eigenvalue weighted by atomic mass is 19.1. The summed E-state index contributed by atoms with van der Waals surface area (Å²) in [6.45, 7) is 0. The van der Waals surface area contributed by atoms with E-state index in [0.29, 0.717) is 12.8 Å². The third-order valence-corrected chi connectivity index (χ3v) is 2.45. The summed E-state index contributed by atoms with van der Waals surface area (Å²) < 4.78 is 31.3. The number of halogens is 2. The maximum atomic E-state index is 13.3. The van der Waals surface area contributed by atoms with Gasteiger partial charge < -0.3 is 9.84 Å². The molecule has 0 aliphatic heterocycles. The van der Waals surface area contributed by atoms with Gasteiger partial charge in [-0.1, -0.05) is 0 Å². The lowest BCUT2D eigenvalue weighted by molar-refractivity contribution is 0.141. The molecule has 1 aliphatic carbocycles. The molecule has 1 aromatic rings. The lowest BCUT2D eigenvalue weighted by atomic mass is 10.1. The van der Waals surface area contributed by atoms with Crippen LogP contribution in [0.15, 0.2) is 12.1 Å². The zero-order chi connectivity index (χ0) is 10.3. The zero-order valence-corrected chi connectivity index (χ0v) is 7.68. The summed E-state index contributed by atoms with van der Waals surface area (Å²) in [6.07, 6.45) is 0.896. The van der Waals surface area contributed by atoms with E-state index in [2.05, 4.69) is 0 Å². The molecule has 1 fully saturated rings. The number of benzene rings is 1. The summed E-state index contributed by atoms with van der Waals surface area (Å²) in [7, 11) is 1.26. The van der Waals surface area contributed by atoms with Gasteiger partial charge in [0, 0.05) is 0 Å². The van der Waals surface area contributed by atoms with E-state index in [1.165, 1.54) is 7.11 Å². The minimum absolute atomic E-state index is 0.0556. The van der Waals surface area contributed by atoms with Crippen molar-refractivity contribution >= 4 is 0 Å². The average molecular weight is 200 g/mol. The molecule has 14 heavy (non-hydrogen) atoms. The first-order valence-electron chi connectivity index (χ1n) is 4.33. The van der Waals surface area contributed by atoms with Crippen molar-refractivity contribution in [1.29, 1.82) is 0 Å². The van der Waals surface area contributed by atoms with E-state index in [4.69, 9.17) is 4.74 Å². The molecule has 2 rings (SSSR count). The molecule has 76 valence electrons. The highest BCUT2D eigenvalue weighted by Crippen LogP contribution is 2.50. The molecule has 1 saturated carbocycles. The van der Waals surface area contributed by atoms with Gasteiger partial charge in [0.2, 0.25) is 0 Å². The van der Waals surface area contributed by atoms with Crippen LogP contribution in [-0.2, 0) is 5.60 Å². The minimum Gasteiger partial charge on any atom is -0.493 e. The summed E-state index contributed by atoms with van der Waals surface area (Å²) in [4.78, 5) is 0. The molecule has 0 spiro atoms. The summed E-state index contributed by atoms with van der Waals surface area (Å²) in [6, 6.07) is 1.99. The van der Waals surface area contributed by atoms with Crippen molar-refractivity contribution in [2.45, 2.75) is 18.4 Å². The van der Waals surface area contributed by atoms with Gasteiger partial charge in [0.05, 0.1) is 18.3 Å². The fourth-order valence-corrected chi connectivity index (χ4v) is 1.53. The van der Waals surface area contributed by atoms with Crippen molar-refractivity contribution in [1.82, 2.24) is 0 Å². The van der Waals surface area contributed by atoms with Gasteiger partial charge in [-0.2, -0.15) is 0 Å². The molecule has 0 heterocycles. The number of rotatable bonds is 2. The van der Waals surface area contributed by atoms with Crippen LogP contribution < -0.4 is 4.74 Å². The van der Waals surface area contributed by atoms with Gasteiger partial charge in [-0.25, -0.2) is 8.78 Å². The van der Waals surface area contributed by atoms with E-state index in [-0.39, 0.29) is 11.3 Å². The molecule has 1 N–H and O–H groups in total. The largest absolute Gasteiger partial charge is 0.493 e. The Balaban J connectivity index is 2.60. The number of hydrogen-bond donors (Lipinski definition) is 1. The second-order valence-electron chi connectivity index (χ2n) is 3.47. The van der Waals surface area contributed by atoms with Crippen LogP contribution >= 0.6 is 0 Å². The van der Waals surface area contributed by atoms with Crippen LogP contribution in [0.3, 0.4) is 0 Å². The van der Waals surface area contributed by atoms with Gasteiger partial charge in [0.25, 0.3) is 0 Å². The Kier molecular flexibility index (Phi) is 1.96. The molecule has 0 amide bonds. The van der Waals surface area contributed by atoms with E-state index in [1.54, 1.807) is 0 Å². The average Bonchev–Trinajstić information content (AvgIpc) is 2.88. The van der Waals surface area contributed by atoms with Gasteiger partial charge in [-0.15, -0.1) is 0 Å². The third-order valence-electron chi connectivity index (χ3n) is 2.45. The van der Waals surface area contributed by atoms with Crippen LogP contribution in [0.5, 0.6) is 5.75 Å². The summed E-state index contributed by atoms with van der Waals surface area (Å²) >= 11 is 0. The summed E-state index contributed by atoms with van der Waals surface area (Å²) in [5.41, 5.74) is -1.28. The van der Waals surface area contributed by atoms with Crippen molar-refractivity contribution in [3.63, 3.8) is 0 Å². The summed E-state index contributed by atoms with van der Waals surface area (Å²) in [5, 5.41) is 9.73. The van der Waals surface area contributed by atoms with Crippen molar-refractivity contribution < 1.29 is 18.6 Å². The van der Waals surface area contributed by atoms with Gasteiger partial charge in [0.1, 0.15) is 5.82 Å². The standard InChI is InChI=1S/C10H10F2O2/c1-14-9-7(12)3-2-6(11)8(9)10(13)4-5-10/h2-3,13H,4-5H2,1H3. The number of hydrogen-bond acceptors (Lipinski definition) is 2. The molecule has 0 saturated heterocycles. The number of methoxy groups -OCH3 is 1. The first kappa shape index (κ1) is 9.40. The Morgan fingerprint density at radius 3 is 2.36 bits per heavy atom. The molecule has 0 aromatic heterocycles. The molecule has 2 nitrogen and oxygen atoms in total. The first-order valence-corrected chi connectivity index (χ1v) is 4.33. The molecule has 0 radical (unpaired) electrons.